The van der Waals surface area contributed by atoms with Crippen molar-refractivity contribution < 1.29 is 9.90 Å². The largest absolute Gasteiger partial charge is 0.477 e. The van der Waals surface area contributed by atoms with E-state index in [1.807, 2.05) is 0 Å². The minimum atomic E-state index is -0.920. The number of rotatable bonds is 1. The van der Waals surface area contributed by atoms with Crippen LogP contribution in [0.25, 0.3) is 0 Å². The summed E-state index contributed by atoms with van der Waals surface area (Å²) >= 11 is 1.31. The van der Waals surface area contributed by atoms with Crippen LogP contribution in [0.1, 0.15) is 20.1 Å². The Balaban J connectivity index is 2.50. The zero-order valence-electron chi connectivity index (χ0n) is 6.96. The maximum Gasteiger partial charge on any atom is 0.348 e. The van der Waals surface area contributed by atoms with Crippen molar-refractivity contribution in [2.45, 2.75) is 13.0 Å². The molecule has 0 radical (unpaired) electrons. The Morgan fingerprint density at radius 1 is 1.62 bits per heavy atom. The van der Waals surface area contributed by atoms with E-state index in [0.29, 0.717) is 12.2 Å². The molecule has 4 N–H and O–H groups in total. The van der Waals surface area contributed by atoms with Gasteiger partial charge in [-0.1, -0.05) is 0 Å². The van der Waals surface area contributed by atoms with Crippen LogP contribution in [0.3, 0.4) is 0 Å². The highest BCUT2D eigenvalue weighted by molar-refractivity contribution is 7.14. The number of thiophene rings is 1. The quantitative estimate of drug-likeness (QED) is 0.620. The lowest BCUT2D eigenvalue weighted by Crippen LogP contribution is -2.22. The van der Waals surface area contributed by atoms with Gasteiger partial charge in [0.25, 0.3) is 0 Å². The summed E-state index contributed by atoms with van der Waals surface area (Å²) in [5.74, 6) is -0.920. The fourth-order valence-electron chi connectivity index (χ4n) is 1.50. The zero-order valence-corrected chi connectivity index (χ0v) is 7.78. The second-order valence-corrected chi connectivity index (χ2v) is 4.08. The van der Waals surface area contributed by atoms with Gasteiger partial charge in [0.15, 0.2) is 0 Å². The number of carbonyl (C=O) groups is 1. The van der Waals surface area contributed by atoms with E-state index in [-0.39, 0.29) is 4.88 Å². The summed E-state index contributed by atoms with van der Waals surface area (Å²) in [5.41, 5.74) is 7.14. The van der Waals surface area contributed by atoms with Crippen LogP contribution in [0.4, 0.5) is 5.69 Å². The predicted molar refractivity (Wildman–Crippen MR) is 51.1 cm³/mol. The van der Waals surface area contributed by atoms with E-state index in [4.69, 9.17) is 10.8 Å². The molecule has 0 saturated heterocycles. The molecule has 1 aliphatic heterocycles. The van der Waals surface area contributed by atoms with Crippen molar-refractivity contribution in [1.29, 1.82) is 0 Å². The molecule has 13 heavy (non-hydrogen) atoms. The molecule has 1 aromatic heterocycles. The summed E-state index contributed by atoms with van der Waals surface area (Å²) < 4.78 is 0. The molecule has 1 aliphatic rings. The average Bonchev–Trinajstić information content (AvgIpc) is 2.45. The summed E-state index contributed by atoms with van der Waals surface area (Å²) in [5, 5.41) is 12.0. The van der Waals surface area contributed by atoms with Gasteiger partial charge in [0.1, 0.15) is 4.88 Å². The van der Waals surface area contributed by atoms with Gasteiger partial charge < -0.3 is 16.2 Å². The van der Waals surface area contributed by atoms with Crippen molar-refractivity contribution in [1.82, 2.24) is 5.32 Å². The Hall–Kier alpha value is -1.07. The van der Waals surface area contributed by atoms with Crippen molar-refractivity contribution in [3.8, 4) is 0 Å². The topological polar surface area (TPSA) is 75.4 Å². The smallest absolute Gasteiger partial charge is 0.348 e. The summed E-state index contributed by atoms with van der Waals surface area (Å²) in [6, 6.07) is 0. The van der Waals surface area contributed by atoms with Crippen LogP contribution in [-0.2, 0) is 13.0 Å². The van der Waals surface area contributed by atoms with Crippen molar-refractivity contribution in [3.63, 3.8) is 0 Å². The normalized spacial score (nSPS) is 15.4. The molecule has 2 heterocycles. The number of anilines is 1. The summed E-state index contributed by atoms with van der Waals surface area (Å²) in [6.07, 6.45) is 0.886. The fourth-order valence-corrected chi connectivity index (χ4v) is 2.57. The number of hydrogen-bond acceptors (Lipinski definition) is 4. The number of fused-ring (bicyclic) bond motifs is 1. The third-order valence-corrected chi connectivity index (χ3v) is 3.45. The molecule has 0 bridgehead atoms. The van der Waals surface area contributed by atoms with Crippen LogP contribution < -0.4 is 11.1 Å². The number of nitrogens with two attached hydrogens (primary N) is 1. The molecular weight excluding hydrogens is 188 g/mol. The molecule has 0 amide bonds. The Labute approximate surface area is 79.4 Å². The van der Waals surface area contributed by atoms with Crippen molar-refractivity contribution in [2.75, 3.05) is 12.3 Å². The summed E-state index contributed by atoms with van der Waals surface area (Å²) in [4.78, 5) is 12.2. The molecule has 0 aromatic carbocycles. The lowest BCUT2D eigenvalue weighted by Gasteiger charge is -2.12. The van der Waals surface area contributed by atoms with Gasteiger partial charge in [-0.3, -0.25) is 0 Å². The number of carboxylic acids is 1. The average molecular weight is 198 g/mol. The molecule has 2 rings (SSSR count). The van der Waals surface area contributed by atoms with Crippen LogP contribution in [0, 0.1) is 0 Å². The van der Waals surface area contributed by atoms with E-state index in [1.54, 1.807) is 0 Å². The Bertz CT molecular complexity index is 359. The van der Waals surface area contributed by atoms with Gasteiger partial charge in [0.05, 0.1) is 5.69 Å². The molecular formula is C8H10N2O2S. The number of carboxylic acid groups (broad SMARTS) is 1. The second kappa shape index (κ2) is 3.01. The maximum absolute atomic E-state index is 10.7. The molecule has 5 heteroatoms. The third-order valence-electron chi connectivity index (χ3n) is 2.16. The van der Waals surface area contributed by atoms with E-state index in [2.05, 4.69) is 5.32 Å². The van der Waals surface area contributed by atoms with Crippen molar-refractivity contribution in [2.24, 2.45) is 0 Å². The lowest BCUT2D eigenvalue weighted by atomic mass is 10.1. The molecule has 0 fully saturated rings. The number of nitrogens with one attached hydrogen (secondary N) is 1. The van der Waals surface area contributed by atoms with Crippen LogP contribution in [0.15, 0.2) is 0 Å². The number of nitrogen functional groups attached to an aromatic ring is 1. The zero-order chi connectivity index (χ0) is 9.42. The van der Waals surface area contributed by atoms with Crippen LogP contribution in [-0.4, -0.2) is 17.6 Å². The first-order valence-electron chi connectivity index (χ1n) is 4.04. The SMILES string of the molecule is Nc1c(C(=O)O)sc2c1CNCC2. The van der Waals surface area contributed by atoms with E-state index in [1.165, 1.54) is 11.3 Å². The number of aromatic carboxylic acids is 1. The van der Waals surface area contributed by atoms with Gasteiger partial charge in [-0.25, -0.2) is 4.79 Å². The van der Waals surface area contributed by atoms with Gasteiger partial charge in [-0.2, -0.15) is 0 Å². The lowest BCUT2D eigenvalue weighted by molar-refractivity contribution is 0.0703. The Morgan fingerprint density at radius 2 is 2.38 bits per heavy atom. The molecule has 1 aromatic rings. The molecule has 0 spiro atoms. The Morgan fingerprint density at radius 3 is 3.00 bits per heavy atom. The summed E-state index contributed by atoms with van der Waals surface area (Å²) in [6.45, 7) is 1.61. The molecule has 0 atom stereocenters. The number of hydrogen-bond donors (Lipinski definition) is 3. The minimum absolute atomic E-state index is 0.286. The predicted octanol–water partition coefficient (Wildman–Crippen LogP) is 0.674. The molecule has 0 aliphatic carbocycles. The van der Waals surface area contributed by atoms with Gasteiger partial charge >= 0.3 is 5.97 Å². The van der Waals surface area contributed by atoms with E-state index >= 15 is 0 Å². The summed E-state index contributed by atoms with van der Waals surface area (Å²) in [7, 11) is 0. The third kappa shape index (κ3) is 1.30. The molecule has 70 valence electrons. The highest BCUT2D eigenvalue weighted by atomic mass is 32.1. The molecule has 4 nitrogen and oxygen atoms in total. The molecule has 0 saturated carbocycles. The monoisotopic (exact) mass is 198 g/mol. The van der Waals surface area contributed by atoms with Crippen LogP contribution in [0.2, 0.25) is 0 Å². The fraction of sp³-hybridized carbons (Fsp3) is 0.375. The van der Waals surface area contributed by atoms with Gasteiger partial charge in [0, 0.05) is 23.5 Å². The first-order chi connectivity index (χ1) is 6.20. The van der Waals surface area contributed by atoms with Gasteiger partial charge in [-0.15, -0.1) is 11.3 Å². The standard InChI is InChI=1S/C8H10N2O2S/c9-6-4-3-10-2-1-5(4)13-7(6)8(11)12/h10H,1-3,9H2,(H,11,12). The molecule has 0 unspecified atom stereocenters. The van der Waals surface area contributed by atoms with Crippen molar-refractivity contribution >= 4 is 23.0 Å². The highest BCUT2D eigenvalue weighted by Gasteiger charge is 2.21. The second-order valence-electron chi connectivity index (χ2n) is 2.98. The highest BCUT2D eigenvalue weighted by Crippen LogP contribution is 2.32. The first kappa shape index (κ1) is 8.52. The van der Waals surface area contributed by atoms with Crippen molar-refractivity contribution in [3.05, 3.63) is 15.3 Å². The minimum Gasteiger partial charge on any atom is -0.477 e. The first-order valence-corrected chi connectivity index (χ1v) is 4.86. The maximum atomic E-state index is 10.7. The van der Waals surface area contributed by atoms with E-state index in [9.17, 15) is 4.79 Å². The van der Waals surface area contributed by atoms with E-state index in [0.717, 1.165) is 23.4 Å². The van der Waals surface area contributed by atoms with E-state index < -0.39 is 5.97 Å². The van der Waals surface area contributed by atoms with Gasteiger partial charge in [0.2, 0.25) is 0 Å². The van der Waals surface area contributed by atoms with Crippen LogP contribution in [0.5, 0.6) is 0 Å². The van der Waals surface area contributed by atoms with Gasteiger partial charge in [-0.05, 0) is 6.42 Å². The Kier molecular flexibility index (Phi) is 1.97. The van der Waals surface area contributed by atoms with Crippen LogP contribution >= 0.6 is 11.3 Å².